The van der Waals surface area contributed by atoms with Gasteiger partial charge in [0, 0.05) is 37.7 Å². The van der Waals surface area contributed by atoms with Crippen LogP contribution >= 0.6 is 24.0 Å². The molecule has 0 bridgehead atoms. The Morgan fingerprint density at radius 3 is 2.15 bits per heavy atom. The van der Waals surface area contributed by atoms with Crippen LogP contribution in [0.2, 0.25) is 5.02 Å². The summed E-state index contributed by atoms with van der Waals surface area (Å²) in [6.07, 6.45) is 0.895. The number of fused-ring (bicyclic) bond motifs is 3. The smallest absolute Gasteiger partial charge is 0.296 e. The zero-order valence-electron chi connectivity index (χ0n) is 21.9. The predicted molar refractivity (Wildman–Crippen MR) is 159 cm³/mol. The Morgan fingerprint density at radius 1 is 0.795 bits per heavy atom. The minimum absolute atomic E-state index is 0. The summed E-state index contributed by atoms with van der Waals surface area (Å²) in [6.45, 7) is 7.43. The van der Waals surface area contributed by atoms with Crippen molar-refractivity contribution in [3.8, 4) is 0 Å². The van der Waals surface area contributed by atoms with E-state index in [-0.39, 0.29) is 24.0 Å². The molecule has 1 saturated heterocycles. The summed E-state index contributed by atoms with van der Waals surface area (Å²) in [5, 5.41) is 9.07. The average molecular weight is 564 g/mol. The van der Waals surface area contributed by atoms with Gasteiger partial charge in [0.15, 0.2) is 0 Å². The number of piperazine rings is 1. The molecule has 0 saturated carbocycles. The fraction of sp³-hybridized carbons (Fsp3) is 0.300. The Labute approximate surface area is 239 Å². The first-order valence-corrected chi connectivity index (χ1v) is 13.6. The molecule has 1 aliphatic rings. The van der Waals surface area contributed by atoms with Crippen molar-refractivity contribution >= 4 is 40.7 Å². The van der Waals surface area contributed by atoms with Gasteiger partial charge < -0.3 is 9.47 Å². The topological polar surface area (TPSA) is 58.7 Å². The molecule has 2 aromatic heterocycles. The summed E-state index contributed by atoms with van der Waals surface area (Å²) in [4.78, 5) is 18.3. The van der Waals surface area contributed by atoms with Crippen molar-refractivity contribution in [3.63, 3.8) is 0 Å². The van der Waals surface area contributed by atoms with Gasteiger partial charge in [0.2, 0.25) is 5.65 Å². The molecule has 0 N–H and O–H groups in total. The number of nitrogens with zero attached hydrogens (tertiary/aromatic N) is 6. The third kappa shape index (κ3) is 5.45. The van der Waals surface area contributed by atoms with Gasteiger partial charge in [-0.25, -0.2) is 0 Å². The van der Waals surface area contributed by atoms with Crippen molar-refractivity contribution in [1.29, 1.82) is 0 Å². The van der Waals surface area contributed by atoms with Crippen LogP contribution in [0.25, 0.3) is 16.7 Å². The van der Waals surface area contributed by atoms with Crippen molar-refractivity contribution in [2.45, 2.75) is 25.9 Å². The van der Waals surface area contributed by atoms with Gasteiger partial charge in [-0.3, -0.25) is 14.1 Å². The van der Waals surface area contributed by atoms with Crippen LogP contribution in [0, 0.1) is 6.92 Å². The monoisotopic (exact) mass is 562 g/mol. The summed E-state index contributed by atoms with van der Waals surface area (Å²) >= 11 is 6.18. The Balaban J connectivity index is 0.00000308. The standard InChI is InChI=1S/C30H31ClN6O.ClH/c1-22-32-33-29-30(38)36(26-10-5-6-11-27(26)37(22)29)17-7-16-34-18-20-35(21-19-34)28(23-8-3-2-4-9-23)24-12-14-25(31)15-13-24;/h2-6,8-15,28H,7,16-21H2,1H3;1H. The van der Waals surface area contributed by atoms with Crippen LogP contribution in [0.4, 0.5) is 0 Å². The summed E-state index contributed by atoms with van der Waals surface area (Å²) in [7, 11) is 0. The number of halogens is 2. The lowest BCUT2D eigenvalue weighted by Gasteiger charge is -2.40. The van der Waals surface area contributed by atoms with Gasteiger partial charge in [-0.2, -0.15) is 0 Å². The van der Waals surface area contributed by atoms with E-state index in [0.29, 0.717) is 12.2 Å². The van der Waals surface area contributed by atoms with E-state index in [4.69, 9.17) is 11.6 Å². The van der Waals surface area contributed by atoms with Crippen LogP contribution in [0.1, 0.15) is 29.4 Å². The number of benzene rings is 3. The third-order valence-corrected chi connectivity index (χ3v) is 7.86. The zero-order valence-corrected chi connectivity index (χ0v) is 23.5. The molecule has 3 aromatic carbocycles. The van der Waals surface area contributed by atoms with E-state index in [2.05, 4.69) is 62.5 Å². The fourth-order valence-corrected chi connectivity index (χ4v) is 5.84. The highest BCUT2D eigenvalue weighted by molar-refractivity contribution is 6.30. The van der Waals surface area contributed by atoms with Gasteiger partial charge in [0.05, 0.1) is 17.1 Å². The third-order valence-electron chi connectivity index (χ3n) is 7.60. The Hall–Kier alpha value is -3.23. The molecule has 5 aromatic rings. The highest BCUT2D eigenvalue weighted by Crippen LogP contribution is 2.30. The summed E-state index contributed by atoms with van der Waals surface area (Å²) in [5.41, 5.74) is 4.76. The van der Waals surface area contributed by atoms with Crippen LogP contribution in [0.5, 0.6) is 0 Å². The van der Waals surface area contributed by atoms with E-state index in [0.717, 1.165) is 61.0 Å². The second-order valence-corrected chi connectivity index (χ2v) is 10.4. The lowest BCUT2D eigenvalue weighted by molar-refractivity contribution is 0.108. The maximum Gasteiger partial charge on any atom is 0.296 e. The minimum Gasteiger partial charge on any atom is -0.304 e. The first-order chi connectivity index (χ1) is 18.6. The normalized spacial score (nSPS) is 15.4. The number of para-hydroxylation sites is 2. The molecule has 202 valence electrons. The van der Waals surface area contributed by atoms with Gasteiger partial charge in [-0.15, -0.1) is 22.6 Å². The highest BCUT2D eigenvalue weighted by atomic mass is 35.5. The quantitative estimate of drug-likeness (QED) is 0.272. The summed E-state index contributed by atoms with van der Waals surface area (Å²) in [5.74, 6) is 0.728. The fourth-order valence-electron chi connectivity index (χ4n) is 5.71. The van der Waals surface area contributed by atoms with Gasteiger partial charge in [-0.1, -0.05) is 66.2 Å². The van der Waals surface area contributed by atoms with Crippen LogP contribution in [-0.2, 0) is 6.54 Å². The molecule has 0 radical (unpaired) electrons. The molecule has 0 amide bonds. The lowest BCUT2D eigenvalue weighted by Crippen LogP contribution is -2.48. The number of aryl methyl sites for hydroxylation is 2. The maximum atomic E-state index is 13.3. The van der Waals surface area contributed by atoms with E-state index in [1.54, 1.807) is 0 Å². The average Bonchev–Trinajstić information content (AvgIpc) is 3.35. The van der Waals surface area contributed by atoms with Crippen LogP contribution < -0.4 is 5.56 Å². The Morgan fingerprint density at radius 2 is 1.44 bits per heavy atom. The van der Waals surface area contributed by atoms with E-state index in [9.17, 15) is 4.79 Å². The summed E-state index contributed by atoms with van der Waals surface area (Å²) < 4.78 is 3.72. The van der Waals surface area contributed by atoms with Crippen molar-refractivity contribution in [2.75, 3.05) is 32.7 Å². The van der Waals surface area contributed by atoms with Crippen LogP contribution in [-0.4, -0.2) is 61.7 Å². The van der Waals surface area contributed by atoms with Crippen molar-refractivity contribution in [3.05, 3.63) is 111 Å². The number of rotatable bonds is 7. The molecule has 7 nitrogen and oxygen atoms in total. The van der Waals surface area contributed by atoms with Crippen molar-refractivity contribution in [2.24, 2.45) is 0 Å². The van der Waals surface area contributed by atoms with Gasteiger partial charge >= 0.3 is 0 Å². The van der Waals surface area contributed by atoms with Crippen LogP contribution in [0.3, 0.4) is 0 Å². The molecule has 6 rings (SSSR count). The molecule has 39 heavy (non-hydrogen) atoms. The molecule has 1 fully saturated rings. The molecule has 1 atom stereocenters. The maximum absolute atomic E-state index is 13.3. The largest absolute Gasteiger partial charge is 0.304 e. The van der Waals surface area contributed by atoms with E-state index in [1.165, 1.54) is 11.1 Å². The predicted octanol–water partition coefficient (Wildman–Crippen LogP) is 5.23. The van der Waals surface area contributed by atoms with Crippen LogP contribution in [0.15, 0.2) is 83.7 Å². The first-order valence-electron chi connectivity index (χ1n) is 13.2. The number of hydrogen-bond acceptors (Lipinski definition) is 5. The van der Waals surface area contributed by atoms with Gasteiger partial charge in [0.1, 0.15) is 5.82 Å². The zero-order chi connectivity index (χ0) is 26.1. The van der Waals surface area contributed by atoms with Gasteiger partial charge in [0.25, 0.3) is 5.56 Å². The Kier molecular flexibility index (Phi) is 8.33. The second kappa shape index (κ2) is 11.9. The molecule has 3 heterocycles. The molecule has 1 aliphatic heterocycles. The second-order valence-electron chi connectivity index (χ2n) is 9.95. The first kappa shape index (κ1) is 27.3. The summed E-state index contributed by atoms with van der Waals surface area (Å²) in [6, 6.07) is 27.2. The molecular formula is C30H32Cl2N6O. The Bertz CT molecular complexity index is 1610. The van der Waals surface area contributed by atoms with E-state index in [1.807, 2.05) is 52.3 Å². The molecule has 0 spiro atoms. The highest BCUT2D eigenvalue weighted by Gasteiger charge is 2.26. The number of hydrogen-bond donors (Lipinski definition) is 0. The molecular weight excluding hydrogens is 531 g/mol. The molecule has 0 aliphatic carbocycles. The minimum atomic E-state index is -0.0808. The molecule has 1 unspecified atom stereocenters. The molecule has 9 heteroatoms. The van der Waals surface area contributed by atoms with Gasteiger partial charge in [-0.05, 0) is 55.3 Å². The van der Waals surface area contributed by atoms with E-state index < -0.39 is 0 Å². The van der Waals surface area contributed by atoms with Crippen molar-refractivity contribution in [1.82, 2.24) is 29.0 Å². The van der Waals surface area contributed by atoms with Crippen molar-refractivity contribution < 1.29 is 0 Å². The van der Waals surface area contributed by atoms with E-state index >= 15 is 0 Å². The number of aromatic nitrogens is 4. The lowest BCUT2D eigenvalue weighted by atomic mass is 9.96. The SMILES string of the molecule is Cc1nnc2c(=O)n(CCCN3CCN(C(c4ccccc4)c4ccc(Cl)cc4)CC3)c3ccccc3n12.Cl.